The van der Waals surface area contributed by atoms with Crippen molar-refractivity contribution in [2.75, 3.05) is 37.3 Å². The van der Waals surface area contributed by atoms with E-state index < -0.39 is 9.84 Å². The number of carbonyl (C=O) groups is 1. The van der Waals surface area contributed by atoms with Gasteiger partial charge in [-0.05, 0) is 61.5 Å². The summed E-state index contributed by atoms with van der Waals surface area (Å²) in [6.45, 7) is 4.17. The highest BCUT2D eigenvalue weighted by atomic mass is 32.2. The molecule has 3 aromatic rings. The van der Waals surface area contributed by atoms with E-state index in [9.17, 15) is 17.6 Å². The monoisotopic (exact) mass is 442 g/mol. The van der Waals surface area contributed by atoms with Gasteiger partial charge >= 0.3 is 0 Å². The largest absolute Gasteiger partial charge is 0.368 e. The zero-order chi connectivity index (χ0) is 22.2. The Morgan fingerprint density at radius 1 is 0.935 bits per heavy atom. The fourth-order valence-corrected chi connectivity index (χ4v) is 4.30. The Bertz CT molecular complexity index is 1200. The van der Waals surface area contributed by atoms with Crippen LogP contribution in [0, 0.1) is 12.7 Å². The van der Waals surface area contributed by atoms with Crippen molar-refractivity contribution in [3.05, 3.63) is 71.8 Å². The number of rotatable bonds is 4. The fourth-order valence-electron chi connectivity index (χ4n) is 3.66. The molecule has 1 aliphatic rings. The van der Waals surface area contributed by atoms with E-state index >= 15 is 0 Å². The summed E-state index contributed by atoms with van der Waals surface area (Å²) in [5.41, 5.74) is 2.68. The highest BCUT2D eigenvalue weighted by Gasteiger charge is 2.26. The Morgan fingerprint density at radius 3 is 2.10 bits per heavy atom. The average molecular weight is 443 g/mol. The lowest BCUT2D eigenvalue weighted by Gasteiger charge is -2.36. The van der Waals surface area contributed by atoms with E-state index in [-0.39, 0.29) is 16.6 Å². The number of piperazine rings is 1. The molecular formula is C22H23FN4O3S. The van der Waals surface area contributed by atoms with Gasteiger partial charge in [-0.3, -0.25) is 4.79 Å². The third-order valence-corrected chi connectivity index (χ3v) is 6.45. The van der Waals surface area contributed by atoms with Crippen LogP contribution in [0.2, 0.25) is 0 Å². The zero-order valence-electron chi connectivity index (χ0n) is 17.3. The van der Waals surface area contributed by atoms with Gasteiger partial charge in [0.05, 0.1) is 16.3 Å². The minimum Gasteiger partial charge on any atom is -0.368 e. The summed E-state index contributed by atoms with van der Waals surface area (Å²) in [4.78, 5) is 17.3. The quantitative estimate of drug-likeness (QED) is 0.621. The minimum absolute atomic E-state index is 0.133. The molecule has 1 fully saturated rings. The zero-order valence-corrected chi connectivity index (χ0v) is 18.1. The molecule has 1 aliphatic heterocycles. The first kappa shape index (κ1) is 21.0. The van der Waals surface area contributed by atoms with Gasteiger partial charge in [0.25, 0.3) is 5.91 Å². The normalized spacial score (nSPS) is 14.7. The Morgan fingerprint density at radius 2 is 1.52 bits per heavy atom. The van der Waals surface area contributed by atoms with Gasteiger partial charge < -0.3 is 9.80 Å². The Balaban J connectivity index is 1.52. The molecule has 1 saturated heterocycles. The molecule has 0 N–H and O–H groups in total. The number of sulfone groups is 1. The molecule has 0 unspecified atom stereocenters. The first-order chi connectivity index (χ1) is 14.7. The second-order valence-corrected chi connectivity index (χ2v) is 9.62. The summed E-state index contributed by atoms with van der Waals surface area (Å²) >= 11 is 0. The van der Waals surface area contributed by atoms with Crippen molar-refractivity contribution in [2.24, 2.45) is 0 Å². The second kappa shape index (κ2) is 8.14. The number of aryl methyl sites for hydroxylation is 1. The maximum atomic E-state index is 13.2. The maximum Gasteiger partial charge on any atom is 0.272 e. The Kier molecular flexibility index (Phi) is 5.53. The van der Waals surface area contributed by atoms with Crippen molar-refractivity contribution >= 4 is 21.4 Å². The number of hydrogen-bond donors (Lipinski definition) is 0. The third-order valence-electron chi connectivity index (χ3n) is 5.32. The molecule has 4 rings (SSSR count). The predicted octanol–water partition coefficient (Wildman–Crippen LogP) is 2.69. The number of anilines is 1. The molecule has 1 amide bonds. The smallest absolute Gasteiger partial charge is 0.272 e. The van der Waals surface area contributed by atoms with Crippen LogP contribution in [0.25, 0.3) is 5.69 Å². The summed E-state index contributed by atoms with van der Waals surface area (Å²) in [5.74, 6) is -0.405. The van der Waals surface area contributed by atoms with Gasteiger partial charge in [-0.15, -0.1) is 0 Å². The van der Waals surface area contributed by atoms with Crippen LogP contribution in [0.4, 0.5) is 10.1 Å². The maximum absolute atomic E-state index is 13.2. The van der Waals surface area contributed by atoms with E-state index in [1.54, 1.807) is 39.9 Å². The van der Waals surface area contributed by atoms with E-state index in [0.717, 1.165) is 11.9 Å². The van der Waals surface area contributed by atoms with E-state index in [2.05, 4.69) is 10.00 Å². The van der Waals surface area contributed by atoms with Crippen LogP contribution in [-0.4, -0.2) is 61.4 Å². The molecule has 2 heterocycles. The summed E-state index contributed by atoms with van der Waals surface area (Å²) in [5, 5.41) is 4.43. The fraction of sp³-hybridized carbons (Fsp3) is 0.273. The molecule has 9 heteroatoms. The Hall–Kier alpha value is -3.20. The predicted molar refractivity (Wildman–Crippen MR) is 116 cm³/mol. The van der Waals surface area contributed by atoms with Crippen molar-refractivity contribution in [2.45, 2.75) is 11.8 Å². The highest BCUT2D eigenvalue weighted by Crippen LogP contribution is 2.20. The van der Waals surface area contributed by atoms with Crippen LogP contribution in [0.1, 0.15) is 16.2 Å². The van der Waals surface area contributed by atoms with Crippen molar-refractivity contribution < 1.29 is 17.6 Å². The van der Waals surface area contributed by atoms with Crippen molar-refractivity contribution in [3.8, 4) is 5.69 Å². The van der Waals surface area contributed by atoms with Gasteiger partial charge in [0.2, 0.25) is 0 Å². The van der Waals surface area contributed by atoms with Gasteiger partial charge in [0.1, 0.15) is 11.5 Å². The van der Waals surface area contributed by atoms with Crippen LogP contribution in [0.5, 0.6) is 0 Å². The molecule has 7 nitrogen and oxygen atoms in total. The van der Waals surface area contributed by atoms with Crippen molar-refractivity contribution in [1.82, 2.24) is 14.7 Å². The molecule has 31 heavy (non-hydrogen) atoms. The van der Waals surface area contributed by atoms with E-state index in [4.69, 9.17) is 0 Å². The number of carbonyl (C=O) groups excluding carboxylic acids is 1. The summed E-state index contributed by atoms with van der Waals surface area (Å²) in [6, 6.07) is 14.4. The van der Waals surface area contributed by atoms with Crippen LogP contribution in [-0.2, 0) is 9.84 Å². The number of hydrogen-bond acceptors (Lipinski definition) is 5. The molecule has 0 spiro atoms. The molecule has 0 radical (unpaired) electrons. The van der Waals surface area contributed by atoms with E-state index in [1.807, 2.05) is 6.92 Å². The van der Waals surface area contributed by atoms with Gasteiger partial charge in [0, 0.05) is 38.1 Å². The lowest BCUT2D eigenvalue weighted by atomic mass is 10.2. The second-order valence-electron chi connectivity index (χ2n) is 7.60. The molecule has 0 aliphatic carbocycles. The number of halogens is 1. The average Bonchev–Trinajstić information content (AvgIpc) is 3.15. The van der Waals surface area contributed by atoms with Gasteiger partial charge in [0.15, 0.2) is 9.84 Å². The highest BCUT2D eigenvalue weighted by molar-refractivity contribution is 7.90. The first-order valence-electron chi connectivity index (χ1n) is 9.89. The van der Waals surface area contributed by atoms with Crippen molar-refractivity contribution in [3.63, 3.8) is 0 Å². The van der Waals surface area contributed by atoms with Crippen LogP contribution >= 0.6 is 0 Å². The lowest BCUT2D eigenvalue weighted by molar-refractivity contribution is 0.0737. The third kappa shape index (κ3) is 4.46. The SMILES string of the molecule is Cc1cc(C(=O)N2CCN(c3ccc(F)cc3)CC2)n(-c2ccc(S(C)(=O)=O)cc2)n1. The van der Waals surface area contributed by atoms with E-state index in [0.29, 0.717) is 43.3 Å². The standard InChI is InChI=1S/C22H23FN4O3S/c1-16-15-21(27(24-16)19-7-9-20(10-8-19)31(2,29)30)22(28)26-13-11-25(12-14-26)18-5-3-17(23)4-6-18/h3-10,15H,11-14H2,1-2H3. The molecule has 0 atom stereocenters. The first-order valence-corrected chi connectivity index (χ1v) is 11.8. The molecule has 0 bridgehead atoms. The Labute approximate surface area is 180 Å². The molecule has 2 aromatic carbocycles. The summed E-state index contributed by atoms with van der Waals surface area (Å²) in [6.07, 6.45) is 1.15. The summed E-state index contributed by atoms with van der Waals surface area (Å²) in [7, 11) is -3.30. The molecular weight excluding hydrogens is 419 g/mol. The number of benzene rings is 2. The van der Waals surface area contributed by atoms with Crippen LogP contribution in [0.15, 0.2) is 59.5 Å². The van der Waals surface area contributed by atoms with Crippen molar-refractivity contribution in [1.29, 1.82) is 0 Å². The number of aromatic nitrogens is 2. The van der Waals surface area contributed by atoms with Crippen LogP contribution < -0.4 is 4.90 Å². The molecule has 1 aromatic heterocycles. The number of amides is 1. The number of nitrogens with zero attached hydrogens (tertiary/aromatic N) is 4. The summed E-state index contributed by atoms with van der Waals surface area (Å²) < 4.78 is 38.1. The topological polar surface area (TPSA) is 75.5 Å². The van der Waals surface area contributed by atoms with Gasteiger partial charge in [-0.2, -0.15) is 5.10 Å². The van der Waals surface area contributed by atoms with Gasteiger partial charge in [-0.1, -0.05) is 0 Å². The van der Waals surface area contributed by atoms with Gasteiger partial charge in [-0.25, -0.2) is 17.5 Å². The van der Waals surface area contributed by atoms with Crippen LogP contribution in [0.3, 0.4) is 0 Å². The van der Waals surface area contributed by atoms with E-state index in [1.165, 1.54) is 24.3 Å². The molecule has 0 saturated carbocycles. The minimum atomic E-state index is -3.30. The lowest BCUT2D eigenvalue weighted by Crippen LogP contribution is -2.49. The molecule has 162 valence electrons.